The molecule has 1 aromatic carbocycles. The molecule has 10 atom stereocenters. The highest BCUT2D eigenvalue weighted by Crippen LogP contribution is 2.50. The lowest BCUT2D eigenvalue weighted by Gasteiger charge is -2.61. The Kier molecular flexibility index (Phi) is 11.9. The molecule has 2 aliphatic heterocycles. The van der Waals surface area contributed by atoms with Crippen molar-refractivity contribution in [1.29, 1.82) is 0 Å². The average Bonchev–Trinajstić information content (AvgIpc) is 3.11. The molecule has 9 nitrogen and oxygen atoms in total. The summed E-state index contributed by atoms with van der Waals surface area (Å²) in [5, 5.41) is 6.65. The Morgan fingerprint density at radius 1 is 1.08 bits per heavy atom. The lowest BCUT2D eigenvalue weighted by molar-refractivity contribution is -0.208. The molecule has 10 unspecified atom stereocenters. The highest BCUT2D eigenvalue weighted by atomic mass is 19.1. The third-order valence-electron chi connectivity index (χ3n) is 12.4. The molecule has 2 N–H and O–H groups in total. The van der Waals surface area contributed by atoms with Crippen LogP contribution in [0.2, 0.25) is 0 Å². The third kappa shape index (κ3) is 7.66. The van der Waals surface area contributed by atoms with Crippen LogP contribution in [-0.4, -0.2) is 104 Å². The summed E-state index contributed by atoms with van der Waals surface area (Å²) in [7, 11) is 3.24. The molecule has 0 bridgehead atoms. The van der Waals surface area contributed by atoms with E-state index >= 15 is 4.39 Å². The van der Waals surface area contributed by atoms with E-state index in [1.54, 1.807) is 14.2 Å². The van der Waals surface area contributed by atoms with Gasteiger partial charge < -0.3 is 34.6 Å². The van der Waals surface area contributed by atoms with E-state index in [9.17, 15) is 9.59 Å². The lowest BCUT2D eigenvalue weighted by Crippen LogP contribution is -2.73. The number of benzene rings is 1. The number of morpholine rings is 1. The van der Waals surface area contributed by atoms with Crippen LogP contribution in [-0.2, 0) is 20.7 Å². The van der Waals surface area contributed by atoms with Gasteiger partial charge in [-0.05, 0) is 101 Å². The smallest absolute Gasteiger partial charge is 0.256 e. The van der Waals surface area contributed by atoms with Gasteiger partial charge in [-0.15, -0.1) is 0 Å². The molecule has 272 valence electrons. The number of halogens is 1. The number of ether oxygens (including phenoxy) is 3. The molecule has 0 spiro atoms. The zero-order chi connectivity index (χ0) is 34.7. The van der Waals surface area contributed by atoms with Gasteiger partial charge in [-0.1, -0.05) is 45.6 Å². The van der Waals surface area contributed by atoms with Crippen molar-refractivity contribution in [2.45, 2.75) is 128 Å². The summed E-state index contributed by atoms with van der Waals surface area (Å²) in [6.07, 6.45) is 9.57. The molecule has 6 rings (SSSR count). The number of nitrogens with zero attached hydrogens (tertiary/aromatic N) is 2. The first-order valence-corrected chi connectivity index (χ1v) is 19.1. The topological polar surface area (TPSA) is 92.4 Å². The molecule has 5 aliphatic rings. The van der Waals surface area contributed by atoms with Gasteiger partial charge in [0.25, 0.3) is 5.91 Å². The van der Waals surface area contributed by atoms with E-state index in [1.165, 1.54) is 25.7 Å². The number of hydrogen-bond donors (Lipinski definition) is 2. The molecule has 3 aliphatic carbocycles. The summed E-state index contributed by atoms with van der Waals surface area (Å²) in [6, 6.07) is 5.05. The third-order valence-corrected chi connectivity index (χ3v) is 12.4. The van der Waals surface area contributed by atoms with Crippen molar-refractivity contribution in [3.8, 4) is 11.5 Å². The van der Waals surface area contributed by atoms with Crippen LogP contribution in [0.25, 0.3) is 0 Å². The first-order valence-electron chi connectivity index (χ1n) is 19.1. The fourth-order valence-electron chi connectivity index (χ4n) is 9.65. The van der Waals surface area contributed by atoms with Gasteiger partial charge in [0.05, 0.1) is 50.1 Å². The minimum atomic E-state index is -1.27. The number of carbonyl (C=O) groups is 2. The maximum absolute atomic E-state index is 16.3. The number of fused-ring (bicyclic) bond motifs is 3. The first kappa shape index (κ1) is 36.1. The average molecular weight is 683 g/mol. The predicted octanol–water partition coefficient (Wildman–Crippen LogP) is 5.06. The molecule has 0 radical (unpaired) electrons. The fourth-order valence-corrected chi connectivity index (χ4v) is 9.65. The predicted molar refractivity (Wildman–Crippen MR) is 189 cm³/mol. The van der Waals surface area contributed by atoms with Crippen LogP contribution in [0.5, 0.6) is 11.5 Å². The standard InChI is InChI=1S/C39H59FN4O5/c1-6-43(7-2)18-10-11-24(3)42-39(46)29-23-44-31-20-26-12-8-9-13-27(26)21-33(31)49-38-35(30(40)22-28(36(38)44)37(29)45)41-17-16-25-14-15-32(47-4)34(19-25)48-5/h14-15,19,23-24,26-28,30-31,33,35-36,38,41H,6-13,16-18,20-22H2,1-5H3,(H,42,46). The molecule has 3 saturated carbocycles. The van der Waals surface area contributed by atoms with Gasteiger partial charge in [0.15, 0.2) is 17.3 Å². The number of amides is 1. The van der Waals surface area contributed by atoms with Crippen LogP contribution in [0.4, 0.5) is 4.39 Å². The summed E-state index contributed by atoms with van der Waals surface area (Å²) in [4.78, 5) is 32.6. The monoisotopic (exact) mass is 682 g/mol. The van der Waals surface area contributed by atoms with Crippen molar-refractivity contribution in [2.75, 3.05) is 40.4 Å². The molecular formula is C39H59FN4O5. The van der Waals surface area contributed by atoms with Gasteiger partial charge in [-0.25, -0.2) is 4.39 Å². The Balaban J connectivity index is 1.20. The zero-order valence-corrected chi connectivity index (χ0v) is 30.3. The minimum absolute atomic E-state index is 0.0468. The van der Waals surface area contributed by atoms with Crippen LogP contribution in [0.1, 0.15) is 84.1 Å². The van der Waals surface area contributed by atoms with E-state index in [4.69, 9.17) is 14.2 Å². The maximum atomic E-state index is 16.3. The Morgan fingerprint density at radius 3 is 2.53 bits per heavy atom. The minimum Gasteiger partial charge on any atom is -0.493 e. The second kappa shape index (κ2) is 16.1. The van der Waals surface area contributed by atoms with Gasteiger partial charge in [0, 0.05) is 18.2 Å². The van der Waals surface area contributed by atoms with E-state index in [2.05, 4.69) is 34.3 Å². The molecule has 2 heterocycles. The van der Waals surface area contributed by atoms with Gasteiger partial charge >= 0.3 is 0 Å². The van der Waals surface area contributed by atoms with Gasteiger partial charge in [-0.2, -0.15) is 0 Å². The fraction of sp³-hybridized carbons (Fsp3) is 0.744. The Labute approximate surface area is 292 Å². The number of hydrogen-bond acceptors (Lipinski definition) is 8. The highest BCUT2D eigenvalue weighted by molar-refractivity contribution is 6.20. The van der Waals surface area contributed by atoms with E-state index < -0.39 is 24.2 Å². The second-order valence-corrected chi connectivity index (χ2v) is 15.1. The molecule has 1 aromatic rings. The van der Waals surface area contributed by atoms with E-state index in [0.717, 1.165) is 50.9 Å². The van der Waals surface area contributed by atoms with Crippen molar-refractivity contribution >= 4 is 11.7 Å². The number of alkyl halides is 1. The Hall–Kier alpha value is -2.69. The van der Waals surface area contributed by atoms with Gasteiger partial charge in [0.1, 0.15) is 6.17 Å². The maximum Gasteiger partial charge on any atom is 0.256 e. The van der Waals surface area contributed by atoms with Gasteiger partial charge in [0.2, 0.25) is 0 Å². The van der Waals surface area contributed by atoms with Gasteiger partial charge in [-0.3, -0.25) is 9.59 Å². The number of Topliss-reactive ketones (excluding diaryl/α,β-unsaturated/α-hetero) is 1. The van der Waals surface area contributed by atoms with E-state index in [1.807, 2.05) is 31.3 Å². The van der Waals surface area contributed by atoms with Crippen LogP contribution in [0, 0.1) is 17.8 Å². The van der Waals surface area contributed by atoms with Crippen LogP contribution in [0.3, 0.4) is 0 Å². The first-order chi connectivity index (χ1) is 23.8. The summed E-state index contributed by atoms with van der Waals surface area (Å²) in [5.74, 6) is 1.43. The molecule has 1 amide bonds. The normalized spacial score (nSPS) is 32.8. The number of ketones is 1. The summed E-state index contributed by atoms with van der Waals surface area (Å²) in [6.45, 7) is 9.90. The molecule has 0 aromatic heterocycles. The quantitative estimate of drug-likeness (QED) is 0.263. The van der Waals surface area contributed by atoms with Crippen molar-refractivity contribution in [3.63, 3.8) is 0 Å². The summed E-state index contributed by atoms with van der Waals surface area (Å²) >= 11 is 0. The molecule has 10 heteroatoms. The molecule has 4 fully saturated rings. The molecular weight excluding hydrogens is 623 g/mol. The zero-order valence-electron chi connectivity index (χ0n) is 30.3. The van der Waals surface area contributed by atoms with Crippen molar-refractivity contribution in [1.82, 2.24) is 20.4 Å². The Bertz CT molecular complexity index is 1340. The van der Waals surface area contributed by atoms with E-state index in [-0.39, 0.29) is 47.9 Å². The Morgan fingerprint density at radius 2 is 1.82 bits per heavy atom. The van der Waals surface area contributed by atoms with Crippen molar-refractivity contribution in [2.24, 2.45) is 17.8 Å². The van der Waals surface area contributed by atoms with E-state index in [0.29, 0.717) is 36.3 Å². The van der Waals surface area contributed by atoms with Crippen LogP contribution in [0.15, 0.2) is 30.0 Å². The summed E-state index contributed by atoms with van der Waals surface area (Å²) in [5.41, 5.74) is 1.25. The SMILES string of the molecule is CCN(CC)CCCC(C)NC(=O)C1=CN2C3CC4CCCCC4CC3OC3C(NCCc4ccc(OC)c(OC)c4)C(F)CC(C1=O)C32. The van der Waals surface area contributed by atoms with Crippen molar-refractivity contribution in [3.05, 3.63) is 35.5 Å². The number of rotatable bonds is 14. The second-order valence-electron chi connectivity index (χ2n) is 15.1. The number of methoxy groups -OCH3 is 2. The molecule has 1 saturated heterocycles. The van der Waals surface area contributed by atoms with Crippen LogP contribution < -0.4 is 20.1 Å². The number of nitrogens with one attached hydrogen (secondary N) is 2. The number of carbonyl (C=O) groups excluding carboxylic acids is 2. The van der Waals surface area contributed by atoms with Crippen LogP contribution >= 0.6 is 0 Å². The lowest BCUT2D eigenvalue weighted by atomic mass is 9.65. The highest BCUT2D eigenvalue weighted by Gasteiger charge is 2.59. The largest absolute Gasteiger partial charge is 0.493 e. The summed E-state index contributed by atoms with van der Waals surface area (Å²) < 4.78 is 34.2. The van der Waals surface area contributed by atoms with Crippen molar-refractivity contribution < 1.29 is 28.2 Å². The molecule has 49 heavy (non-hydrogen) atoms.